The molecule has 110 valence electrons. The normalized spacial score (nSPS) is 12.0. The summed E-state index contributed by atoms with van der Waals surface area (Å²) >= 11 is 1.83. The van der Waals surface area contributed by atoms with E-state index in [1.807, 2.05) is 54.2 Å². The molecule has 0 amide bonds. The number of rotatable bonds is 5. The number of aromatic hydroxyl groups is 1. The lowest BCUT2D eigenvalue weighted by molar-refractivity contribution is 0.469. The van der Waals surface area contributed by atoms with Crippen molar-refractivity contribution in [2.75, 3.05) is 0 Å². The zero-order chi connectivity index (χ0) is 15.2. The highest BCUT2D eigenvalue weighted by Gasteiger charge is 2.17. The molecule has 1 nitrogen and oxygen atoms in total. The van der Waals surface area contributed by atoms with E-state index >= 15 is 0 Å². The van der Waals surface area contributed by atoms with E-state index in [4.69, 9.17) is 0 Å². The van der Waals surface area contributed by atoms with Gasteiger partial charge in [0.1, 0.15) is 5.75 Å². The van der Waals surface area contributed by atoms with Crippen molar-refractivity contribution in [3.05, 3.63) is 102 Å². The molecule has 0 aromatic heterocycles. The molecule has 22 heavy (non-hydrogen) atoms. The van der Waals surface area contributed by atoms with Gasteiger partial charge in [0.25, 0.3) is 0 Å². The largest absolute Gasteiger partial charge is 0.508 e. The summed E-state index contributed by atoms with van der Waals surface area (Å²) in [5, 5.41) is 10.4. The van der Waals surface area contributed by atoms with Crippen LogP contribution < -0.4 is 0 Å². The summed E-state index contributed by atoms with van der Waals surface area (Å²) in [5.74, 6) is 1.27. The molecule has 3 aromatic carbocycles. The van der Waals surface area contributed by atoms with Crippen molar-refractivity contribution in [3.63, 3.8) is 0 Å². The smallest absolute Gasteiger partial charge is 0.120 e. The van der Waals surface area contributed by atoms with E-state index < -0.39 is 0 Å². The number of thioether (sulfide) groups is 1. The molecular formula is C20H18OS. The van der Waals surface area contributed by atoms with Gasteiger partial charge >= 0.3 is 0 Å². The number of para-hydroxylation sites is 1. The lowest BCUT2D eigenvalue weighted by Gasteiger charge is -2.19. The van der Waals surface area contributed by atoms with Gasteiger partial charge in [-0.05, 0) is 17.2 Å². The fraction of sp³-hybridized carbons (Fsp3) is 0.100. The maximum Gasteiger partial charge on any atom is 0.120 e. The summed E-state index contributed by atoms with van der Waals surface area (Å²) in [7, 11) is 0. The zero-order valence-electron chi connectivity index (χ0n) is 12.2. The molecule has 0 bridgehead atoms. The van der Waals surface area contributed by atoms with Gasteiger partial charge in [0.2, 0.25) is 0 Å². The molecule has 1 atom stereocenters. The Kier molecular flexibility index (Phi) is 4.81. The Labute approximate surface area is 135 Å². The van der Waals surface area contributed by atoms with Crippen LogP contribution in [0, 0.1) is 0 Å². The minimum atomic E-state index is 0.127. The summed E-state index contributed by atoms with van der Waals surface area (Å²) < 4.78 is 0. The number of phenolic OH excluding ortho intramolecular Hbond substituents is 1. The first-order valence-corrected chi connectivity index (χ1v) is 8.38. The quantitative estimate of drug-likeness (QED) is 0.679. The van der Waals surface area contributed by atoms with Gasteiger partial charge in [-0.3, -0.25) is 0 Å². The maximum atomic E-state index is 10.2. The van der Waals surface area contributed by atoms with Crippen LogP contribution in [0.3, 0.4) is 0 Å². The van der Waals surface area contributed by atoms with Crippen LogP contribution >= 0.6 is 11.8 Å². The third kappa shape index (κ3) is 3.52. The molecule has 0 aliphatic heterocycles. The first-order chi connectivity index (χ1) is 10.8. The van der Waals surface area contributed by atoms with Crippen molar-refractivity contribution in [3.8, 4) is 5.75 Å². The molecule has 0 radical (unpaired) electrons. The molecule has 2 heteroatoms. The van der Waals surface area contributed by atoms with Gasteiger partial charge in [0, 0.05) is 11.3 Å². The molecule has 1 N–H and O–H groups in total. The standard InChI is InChI=1S/C20H18OS/c21-19-14-8-7-13-18(19)20(17-11-5-2-6-12-17)22-15-16-9-3-1-4-10-16/h1-14,20-21H,15H2. The molecule has 0 fully saturated rings. The Balaban J connectivity index is 1.89. The minimum Gasteiger partial charge on any atom is -0.508 e. The van der Waals surface area contributed by atoms with Gasteiger partial charge in [-0.15, -0.1) is 11.8 Å². The summed E-state index contributed by atoms with van der Waals surface area (Å²) in [4.78, 5) is 0. The third-order valence-electron chi connectivity index (χ3n) is 3.58. The molecule has 0 aliphatic carbocycles. The van der Waals surface area contributed by atoms with Gasteiger partial charge < -0.3 is 5.11 Å². The lowest BCUT2D eigenvalue weighted by Crippen LogP contribution is -1.98. The van der Waals surface area contributed by atoms with E-state index in [0.717, 1.165) is 11.3 Å². The second-order valence-electron chi connectivity index (χ2n) is 5.15. The third-order valence-corrected chi connectivity index (χ3v) is 4.94. The number of benzene rings is 3. The van der Waals surface area contributed by atoms with Crippen molar-refractivity contribution in [1.29, 1.82) is 0 Å². The van der Waals surface area contributed by atoms with Crippen LogP contribution in [0.2, 0.25) is 0 Å². The number of hydrogen-bond donors (Lipinski definition) is 1. The van der Waals surface area contributed by atoms with Gasteiger partial charge in [-0.1, -0.05) is 78.9 Å². The first-order valence-electron chi connectivity index (χ1n) is 7.33. The fourth-order valence-electron chi connectivity index (χ4n) is 2.46. The van der Waals surface area contributed by atoms with Crippen LogP contribution in [0.5, 0.6) is 5.75 Å². The van der Waals surface area contributed by atoms with Crippen LogP contribution in [0.25, 0.3) is 0 Å². The molecule has 0 saturated heterocycles. The van der Waals surface area contributed by atoms with Crippen molar-refractivity contribution in [2.24, 2.45) is 0 Å². The molecule has 0 heterocycles. The summed E-state index contributed by atoms with van der Waals surface area (Å²) in [5.41, 5.74) is 3.48. The lowest BCUT2D eigenvalue weighted by atomic mass is 10.0. The van der Waals surface area contributed by atoms with Crippen molar-refractivity contribution in [1.82, 2.24) is 0 Å². The highest BCUT2D eigenvalue weighted by molar-refractivity contribution is 7.98. The predicted molar refractivity (Wildman–Crippen MR) is 94.1 cm³/mol. The second-order valence-corrected chi connectivity index (χ2v) is 6.24. The minimum absolute atomic E-state index is 0.127. The molecule has 0 spiro atoms. The fourth-order valence-corrected chi connectivity index (χ4v) is 3.74. The highest BCUT2D eigenvalue weighted by Crippen LogP contribution is 2.41. The topological polar surface area (TPSA) is 20.2 Å². The molecular weight excluding hydrogens is 288 g/mol. The molecule has 3 rings (SSSR count). The Morgan fingerprint density at radius 2 is 1.32 bits per heavy atom. The van der Waals surface area contributed by atoms with Crippen molar-refractivity contribution < 1.29 is 5.11 Å². The first kappa shape index (κ1) is 14.7. The van der Waals surface area contributed by atoms with Crippen molar-refractivity contribution in [2.45, 2.75) is 11.0 Å². The average molecular weight is 306 g/mol. The van der Waals surface area contributed by atoms with E-state index in [1.54, 1.807) is 6.07 Å². The van der Waals surface area contributed by atoms with E-state index in [0.29, 0.717) is 5.75 Å². The SMILES string of the molecule is Oc1ccccc1C(SCc1ccccc1)c1ccccc1. The number of phenols is 1. The Morgan fingerprint density at radius 3 is 2.00 bits per heavy atom. The van der Waals surface area contributed by atoms with E-state index in [-0.39, 0.29) is 5.25 Å². The summed E-state index contributed by atoms with van der Waals surface area (Å²) in [6.07, 6.45) is 0. The van der Waals surface area contributed by atoms with E-state index in [9.17, 15) is 5.11 Å². The zero-order valence-corrected chi connectivity index (χ0v) is 13.0. The van der Waals surface area contributed by atoms with Crippen LogP contribution in [-0.4, -0.2) is 5.11 Å². The second kappa shape index (κ2) is 7.19. The van der Waals surface area contributed by atoms with Crippen LogP contribution in [-0.2, 0) is 5.75 Å². The van der Waals surface area contributed by atoms with Gasteiger partial charge in [0.15, 0.2) is 0 Å². The van der Waals surface area contributed by atoms with E-state index in [2.05, 4.69) is 36.4 Å². The highest BCUT2D eigenvalue weighted by atomic mass is 32.2. The Bertz CT molecular complexity index is 710. The molecule has 0 aliphatic rings. The molecule has 3 aromatic rings. The van der Waals surface area contributed by atoms with Gasteiger partial charge in [-0.25, -0.2) is 0 Å². The van der Waals surface area contributed by atoms with Crippen LogP contribution in [0.15, 0.2) is 84.9 Å². The maximum absolute atomic E-state index is 10.2. The van der Waals surface area contributed by atoms with Gasteiger partial charge in [-0.2, -0.15) is 0 Å². The molecule has 1 unspecified atom stereocenters. The van der Waals surface area contributed by atoms with Crippen LogP contribution in [0.1, 0.15) is 21.9 Å². The van der Waals surface area contributed by atoms with Crippen molar-refractivity contribution >= 4 is 11.8 Å². The molecule has 0 saturated carbocycles. The predicted octanol–water partition coefficient (Wildman–Crippen LogP) is 5.42. The number of hydrogen-bond acceptors (Lipinski definition) is 2. The van der Waals surface area contributed by atoms with Gasteiger partial charge in [0.05, 0.1) is 5.25 Å². The van der Waals surface area contributed by atoms with Crippen LogP contribution in [0.4, 0.5) is 0 Å². The Hall–Kier alpha value is -2.19. The summed E-state index contributed by atoms with van der Waals surface area (Å²) in [6.45, 7) is 0. The van der Waals surface area contributed by atoms with E-state index in [1.165, 1.54) is 11.1 Å². The Morgan fingerprint density at radius 1 is 0.727 bits per heavy atom. The monoisotopic (exact) mass is 306 g/mol. The average Bonchev–Trinajstić information content (AvgIpc) is 2.58. The summed E-state index contributed by atoms with van der Waals surface area (Å²) in [6, 6.07) is 28.4.